The Morgan fingerprint density at radius 1 is 1.11 bits per heavy atom. The lowest BCUT2D eigenvalue weighted by atomic mass is 9.83. The van der Waals surface area contributed by atoms with E-state index in [1.165, 1.54) is 45.2 Å². The molecule has 0 bridgehead atoms. The Bertz CT molecular complexity index is 220. The van der Waals surface area contributed by atoms with Crippen LogP contribution in [0.25, 0.3) is 0 Å². The summed E-state index contributed by atoms with van der Waals surface area (Å²) in [5.41, 5.74) is 0.385. The van der Waals surface area contributed by atoms with Gasteiger partial charge in [0.1, 0.15) is 0 Å². The molecule has 0 aromatic heterocycles. The largest absolute Gasteiger partial charge is 0.311 e. The van der Waals surface area contributed by atoms with Gasteiger partial charge in [0.15, 0.2) is 0 Å². The van der Waals surface area contributed by atoms with Crippen molar-refractivity contribution in [1.82, 2.24) is 10.2 Å². The van der Waals surface area contributed by atoms with Crippen LogP contribution in [0.4, 0.5) is 0 Å². The van der Waals surface area contributed by atoms with Crippen molar-refractivity contribution in [2.75, 3.05) is 19.6 Å². The highest BCUT2D eigenvalue weighted by atomic mass is 15.2. The van der Waals surface area contributed by atoms with Gasteiger partial charge in [0.25, 0.3) is 0 Å². The number of rotatable bonds is 6. The molecule has 0 aromatic rings. The third kappa shape index (κ3) is 4.89. The molecule has 1 aliphatic rings. The van der Waals surface area contributed by atoms with E-state index in [4.69, 9.17) is 0 Å². The van der Waals surface area contributed by atoms with E-state index in [-0.39, 0.29) is 0 Å². The average Bonchev–Trinajstić information content (AvgIpc) is 2.33. The topological polar surface area (TPSA) is 15.3 Å². The number of hydrogen-bond acceptors (Lipinski definition) is 2. The molecule has 2 heteroatoms. The quantitative estimate of drug-likeness (QED) is 0.728. The third-order valence-electron chi connectivity index (χ3n) is 4.29. The first-order valence-corrected chi connectivity index (χ1v) is 7.96. The van der Waals surface area contributed by atoms with Gasteiger partial charge in [0, 0.05) is 25.2 Å². The van der Waals surface area contributed by atoms with Crippen LogP contribution in [0.3, 0.4) is 0 Å². The van der Waals surface area contributed by atoms with Gasteiger partial charge in [-0.15, -0.1) is 0 Å². The molecule has 18 heavy (non-hydrogen) atoms. The maximum absolute atomic E-state index is 3.72. The summed E-state index contributed by atoms with van der Waals surface area (Å²) in [6.45, 7) is 15.4. The Balaban J connectivity index is 2.49. The number of hydrogen-bond donors (Lipinski definition) is 1. The summed E-state index contributed by atoms with van der Waals surface area (Å²) in [5.74, 6) is 0. The summed E-state index contributed by atoms with van der Waals surface area (Å²) in [6.07, 6.45) is 6.75. The summed E-state index contributed by atoms with van der Waals surface area (Å²) in [6, 6.07) is 1.40. The van der Waals surface area contributed by atoms with E-state index in [9.17, 15) is 0 Å². The molecule has 0 aromatic carbocycles. The van der Waals surface area contributed by atoms with Gasteiger partial charge < -0.3 is 5.32 Å². The Morgan fingerprint density at radius 3 is 2.39 bits per heavy atom. The van der Waals surface area contributed by atoms with Crippen LogP contribution in [0.1, 0.15) is 66.7 Å². The van der Waals surface area contributed by atoms with Crippen molar-refractivity contribution < 1.29 is 0 Å². The normalized spacial score (nSPS) is 26.5. The Morgan fingerprint density at radius 2 is 1.83 bits per heavy atom. The van der Waals surface area contributed by atoms with Crippen LogP contribution in [0, 0.1) is 5.41 Å². The fourth-order valence-electron chi connectivity index (χ4n) is 3.00. The molecular weight excluding hydrogens is 220 g/mol. The summed E-state index contributed by atoms with van der Waals surface area (Å²) in [5, 5.41) is 3.72. The highest BCUT2D eigenvalue weighted by molar-refractivity contribution is 4.91. The van der Waals surface area contributed by atoms with Crippen molar-refractivity contribution in [1.29, 1.82) is 0 Å². The third-order valence-corrected chi connectivity index (χ3v) is 4.29. The van der Waals surface area contributed by atoms with Crippen LogP contribution >= 0.6 is 0 Å². The zero-order valence-electron chi connectivity index (χ0n) is 13.3. The van der Waals surface area contributed by atoms with Crippen LogP contribution < -0.4 is 5.32 Å². The first-order chi connectivity index (χ1) is 8.49. The second-order valence-electron chi connectivity index (χ2n) is 6.95. The Labute approximate surface area is 115 Å². The van der Waals surface area contributed by atoms with E-state index in [0.717, 1.165) is 6.54 Å². The van der Waals surface area contributed by atoms with Gasteiger partial charge in [-0.1, -0.05) is 53.9 Å². The number of piperazine rings is 1. The lowest BCUT2D eigenvalue weighted by Crippen LogP contribution is -2.60. The lowest BCUT2D eigenvalue weighted by molar-refractivity contribution is 0.0535. The van der Waals surface area contributed by atoms with Gasteiger partial charge in [-0.25, -0.2) is 0 Å². The molecule has 1 aliphatic heterocycles. The summed E-state index contributed by atoms with van der Waals surface area (Å²) >= 11 is 0. The van der Waals surface area contributed by atoms with Crippen LogP contribution in [0.2, 0.25) is 0 Å². The van der Waals surface area contributed by atoms with Gasteiger partial charge in [-0.05, 0) is 24.8 Å². The van der Waals surface area contributed by atoms with Crippen LogP contribution in [-0.4, -0.2) is 36.6 Å². The molecular formula is C16H34N2. The molecule has 1 N–H and O–H groups in total. The SMILES string of the molecule is CCCCCCN1CC(CC)NCC1C(C)(C)C. The van der Waals surface area contributed by atoms with Crippen LogP contribution in [0.5, 0.6) is 0 Å². The fraction of sp³-hybridized carbons (Fsp3) is 1.00. The van der Waals surface area contributed by atoms with E-state index >= 15 is 0 Å². The van der Waals surface area contributed by atoms with Crippen molar-refractivity contribution in [3.63, 3.8) is 0 Å². The summed E-state index contributed by atoms with van der Waals surface area (Å²) in [4.78, 5) is 2.75. The highest BCUT2D eigenvalue weighted by Gasteiger charge is 2.34. The van der Waals surface area contributed by atoms with Gasteiger partial charge in [0.2, 0.25) is 0 Å². The lowest BCUT2D eigenvalue weighted by Gasteiger charge is -2.46. The minimum Gasteiger partial charge on any atom is -0.311 e. The van der Waals surface area contributed by atoms with Gasteiger partial charge in [-0.2, -0.15) is 0 Å². The number of nitrogens with one attached hydrogen (secondary N) is 1. The predicted molar refractivity (Wildman–Crippen MR) is 81.0 cm³/mol. The predicted octanol–water partition coefficient (Wildman–Crippen LogP) is 3.67. The van der Waals surface area contributed by atoms with E-state index in [0.29, 0.717) is 17.5 Å². The zero-order valence-corrected chi connectivity index (χ0v) is 13.3. The van der Waals surface area contributed by atoms with Gasteiger partial charge in [-0.3, -0.25) is 4.90 Å². The maximum Gasteiger partial charge on any atom is 0.0269 e. The molecule has 0 aliphatic carbocycles. The van der Waals surface area contributed by atoms with Crippen LogP contribution in [0.15, 0.2) is 0 Å². The number of nitrogens with zero attached hydrogens (tertiary/aromatic N) is 1. The minimum atomic E-state index is 0.385. The smallest absolute Gasteiger partial charge is 0.0269 e. The maximum atomic E-state index is 3.72. The molecule has 0 spiro atoms. The fourth-order valence-corrected chi connectivity index (χ4v) is 3.00. The molecule has 2 nitrogen and oxygen atoms in total. The zero-order chi connectivity index (χ0) is 13.6. The number of unbranched alkanes of at least 4 members (excludes halogenated alkanes) is 3. The molecule has 0 saturated carbocycles. The van der Waals surface area contributed by atoms with E-state index in [1.54, 1.807) is 0 Å². The molecule has 2 unspecified atom stereocenters. The van der Waals surface area contributed by atoms with Crippen LogP contribution in [-0.2, 0) is 0 Å². The molecule has 108 valence electrons. The average molecular weight is 254 g/mol. The summed E-state index contributed by atoms with van der Waals surface area (Å²) in [7, 11) is 0. The second kappa shape index (κ2) is 7.49. The molecule has 1 saturated heterocycles. The molecule has 0 amide bonds. The van der Waals surface area contributed by atoms with E-state index in [1.807, 2.05) is 0 Å². The van der Waals surface area contributed by atoms with E-state index in [2.05, 4.69) is 44.8 Å². The summed E-state index contributed by atoms with van der Waals surface area (Å²) < 4.78 is 0. The Hall–Kier alpha value is -0.0800. The molecule has 0 radical (unpaired) electrons. The van der Waals surface area contributed by atoms with Crippen molar-refractivity contribution in [2.45, 2.75) is 78.8 Å². The minimum absolute atomic E-state index is 0.385. The van der Waals surface area contributed by atoms with Crippen molar-refractivity contribution in [3.05, 3.63) is 0 Å². The van der Waals surface area contributed by atoms with Gasteiger partial charge >= 0.3 is 0 Å². The molecule has 1 rings (SSSR count). The highest BCUT2D eigenvalue weighted by Crippen LogP contribution is 2.27. The van der Waals surface area contributed by atoms with Crippen molar-refractivity contribution in [3.8, 4) is 0 Å². The first kappa shape index (κ1) is 16.0. The monoisotopic (exact) mass is 254 g/mol. The van der Waals surface area contributed by atoms with Crippen molar-refractivity contribution in [2.24, 2.45) is 5.41 Å². The Kier molecular flexibility index (Phi) is 6.65. The second-order valence-corrected chi connectivity index (χ2v) is 6.95. The standard InChI is InChI=1S/C16H34N2/c1-6-8-9-10-11-18-13-14(7-2)17-12-15(18)16(3,4)5/h14-15,17H,6-13H2,1-5H3. The molecule has 1 fully saturated rings. The van der Waals surface area contributed by atoms with E-state index < -0.39 is 0 Å². The molecule has 2 atom stereocenters. The van der Waals surface area contributed by atoms with Gasteiger partial charge in [0.05, 0.1) is 0 Å². The molecule has 1 heterocycles. The van der Waals surface area contributed by atoms with Crippen molar-refractivity contribution >= 4 is 0 Å². The first-order valence-electron chi connectivity index (χ1n) is 7.96.